The summed E-state index contributed by atoms with van der Waals surface area (Å²) in [6, 6.07) is 1.53. The zero-order chi connectivity index (χ0) is 10.7. The molecule has 0 atom stereocenters. The average Bonchev–Trinajstić information content (AvgIpc) is 2.16. The van der Waals surface area contributed by atoms with Crippen LogP contribution in [0.15, 0.2) is 6.07 Å². The van der Waals surface area contributed by atoms with Crippen LogP contribution in [0.4, 0.5) is 8.78 Å². The number of rotatable bonds is 3. The van der Waals surface area contributed by atoms with Gasteiger partial charge in [-0.3, -0.25) is 0 Å². The lowest BCUT2D eigenvalue weighted by molar-refractivity contribution is 0.144. The Bertz CT molecular complexity index is 331. The van der Waals surface area contributed by atoms with E-state index in [0.29, 0.717) is 11.1 Å². The van der Waals surface area contributed by atoms with Crippen molar-refractivity contribution in [3.8, 4) is 0 Å². The molecule has 1 heterocycles. The van der Waals surface area contributed by atoms with Crippen molar-refractivity contribution in [2.24, 2.45) is 0 Å². The Labute approximate surface area is 85.5 Å². The maximum absolute atomic E-state index is 12.4. The van der Waals surface area contributed by atoms with Gasteiger partial charge in [0.05, 0.1) is 12.3 Å². The lowest BCUT2D eigenvalue weighted by Crippen LogP contribution is -2.03. The van der Waals surface area contributed by atoms with Crippen molar-refractivity contribution in [1.29, 1.82) is 0 Å². The van der Waals surface area contributed by atoms with Crippen LogP contribution in [0.1, 0.15) is 28.9 Å². The molecule has 5 heteroatoms. The third-order valence-electron chi connectivity index (χ3n) is 1.92. The van der Waals surface area contributed by atoms with E-state index in [1.54, 1.807) is 6.92 Å². The first-order valence-corrected chi connectivity index (χ1v) is 4.57. The summed E-state index contributed by atoms with van der Waals surface area (Å²) in [7, 11) is 0. The first-order valence-electron chi connectivity index (χ1n) is 4.04. The molecule has 1 aromatic heterocycles. The number of alkyl halides is 3. The van der Waals surface area contributed by atoms with E-state index in [1.165, 1.54) is 6.07 Å². The summed E-state index contributed by atoms with van der Waals surface area (Å²) in [4.78, 5) is 3.68. The molecule has 0 amide bonds. The molecule has 1 N–H and O–H groups in total. The van der Waals surface area contributed by atoms with Gasteiger partial charge in [0.15, 0.2) is 0 Å². The fraction of sp³-hybridized carbons (Fsp3) is 0.444. The number of hydrogen-bond acceptors (Lipinski definition) is 2. The van der Waals surface area contributed by atoms with Crippen LogP contribution in [0.5, 0.6) is 0 Å². The normalized spacial score (nSPS) is 11.0. The fourth-order valence-corrected chi connectivity index (χ4v) is 1.43. The molecule has 0 saturated carbocycles. The summed E-state index contributed by atoms with van der Waals surface area (Å²) in [6.45, 7) is 1.17. The summed E-state index contributed by atoms with van der Waals surface area (Å²) in [6.07, 6.45) is -2.62. The molecule has 0 radical (unpaired) electrons. The molecule has 0 aliphatic carbocycles. The fourth-order valence-electron chi connectivity index (χ4n) is 1.20. The largest absolute Gasteiger partial charge is 0.390 e. The third kappa shape index (κ3) is 2.19. The first kappa shape index (κ1) is 11.3. The van der Waals surface area contributed by atoms with Crippen LogP contribution in [0, 0.1) is 6.92 Å². The van der Waals surface area contributed by atoms with E-state index in [-0.39, 0.29) is 23.9 Å². The van der Waals surface area contributed by atoms with Gasteiger partial charge in [-0.1, -0.05) is 6.07 Å². The minimum atomic E-state index is -2.62. The maximum atomic E-state index is 12.4. The Morgan fingerprint density at radius 3 is 2.64 bits per heavy atom. The van der Waals surface area contributed by atoms with E-state index in [4.69, 9.17) is 16.7 Å². The Hall–Kier alpha value is -0.740. The van der Waals surface area contributed by atoms with Gasteiger partial charge >= 0.3 is 0 Å². The number of aromatic nitrogens is 1. The Balaban J connectivity index is 3.23. The topological polar surface area (TPSA) is 33.1 Å². The second-order valence-corrected chi connectivity index (χ2v) is 3.16. The van der Waals surface area contributed by atoms with Crippen LogP contribution in [0.25, 0.3) is 0 Å². The minimum absolute atomic E-state index is 0.160. The van der Waals surface area contributed by atoms with Gasteiger partial charge in [0.1, 0.15) is 5.69 Å². The van der Waals surface area contributed by atoms with Crippen molar-refractivity contribution >= 4 is 11.6 Å². The van der Waals surface area contributed by atoms with Gasteiger partial charge in [0.25, 0.3) is 6.43 Å². The second kappa shape index (κ2) is 4.66. The van der Waals surface area contributed by atoms with E-state index >= 15 is 0 Å². The number of hydrogen-bond donors (Lipinski definition) is 1. The number of pyridine rings is 1. The minimum Gasteiger partial charge on any atom is -0.390 e. The molecule has 0 spiro atoms. The van der Waals surface area contributed by atoms with Gasteiger partial charge in [-0.2, -0.15) is 0 Å². The lowest BCUT2D eigenvalue weighted by atomic mass is 10.1. The molecule has 0 saturated heterocycles. The Kier molecular flexibility index (Phi) is 3.77. The van der Waals surface area contributed by atoms with Crippen molar-refractivity contribution in [2.75, 3.05) is 0 Å². The maximum Gasteiger partial charge on any atom is 0.280 e. The SMILES string of the molecule is Cc1cc(CCl)c(CO)nc1C(F)F. The molecule has 0 fully saturated rings. The van der Waals surface area contributed by atoms with Gasteiger partial charge < -0.3 is 5.11 Å². The predicted molar refractivity (Wildman–Crippen MR) is 49.4 cm³/mol. The third-order valence-corrected chi connectivity index (χ3v) is 2.21. The highest BCUT2D eigenvalue weighted by molar-refractivity contribution is 6.17. The average molecular weight is 222 g/mol. The Morgan fingerprint density at radius 1 is 1.57 bits per heavy atom. The second-order valence-electron chi connectivity index (χ2n) is 2.89. The standard InChI is InChI=1S/C9H10ClF2NO/c1-5-2-6(3-10)7(4-14)13-8(5)9(11)12/h2,9,14H,3-4H2,1H3. The summed E-state index contributed by atoms with van der Waals surface area (Å²) in [5, 5.41) is 8.88. The zero-order valence-electron chi connectivity index (χ0n) is 7.60. The summed E-state index contributed by atoms with van der Waals surface area (Å²) >= 11 is 5.58. The summed E-state index contributed by atoms with van der Waals surface area (Å²) in [5.41, 5.74) is 0.924. The number of nitrogens with zero attached hydrogens (tertiary/aromatic N) is 1. The molecule has 0 bridgehead atoms. The summed E-state index contributed by atoms with van der Waals surface area (Å²) < 4.78 is 24.8. The van der Waals surface area contributed by atoms with Crippen LogP contribution in [0.2, 0.25) is 0 Å². The zero-order valence-corrected chi connectivity index (χ0v) is 8.35. The number of halogens is 3. The lowest BCUT2D eigenvalue weighted by Gasteiger charge is -2.09. The van der Waals surface area contributed by atoms with Crippen LogP contribution in [0.3, 0.4) is 0 Å². The number of aryl methyl sites for hydroxylation is 1. The molecule has 2 nitrogen and oxygen atoms in total. The van der Waals surface area contributed by atoms with Crippen LogP contribution in [-0.2, 0) is 12.5 Å². The van der Waals surface area contributed by atoms with Gasteiger partial charge in [0, 0.05) is 5.88 Å². The highest BCUT2D eigenvalue weighted by atomic mass is 35.5. The van der Waals surface area contributed by atoms with E-state index < -0.39 is 6.43 Å². The highest BCUT2D eigenvalue weighted by Gasteiger charge is 2.15. The molecule has 0 aliphatic rings. The van der Waals surface area contributed by atoms with Crippen LogP contribution in [-0.4, -0.2) is 10.1 Å². The van der Waals surface area contributed by atoms with Gasteiger partial charge in [-0.05, 0) is 18.1 Å². The van der Waals surface area contributed by atoms with E-state index in [0.717, 1.165) is 0 Å². The van der Waals surface area contributed by atoms with Gasteiger partial charge in [0.2, 0.25) is 0 Å². The molecule has 1 rings (SSSR count). The molecular weight excluding hydrogens is 212 g/mol. The number of aliphatic hydroxyl groups excluding tert-OH is 1. The van der Waals surface area contributed by atoms with Crippen LogP contribution >= 0.6 is 11.6 Å². The summed E-state index contributed by atoms with van der Waals surface area (Å²) in [5.74, 6) is 0.160. The molecule has 1 aromatic rings. The Morgan fingerprint density at radius 2 is 2.21 bits per heavy atom. The molecule has 0 aliphatic heterocycles. The monoisotopic (exact) mass is 221 g/mol. The van der Waals surface area contributed by atoms with E-state index in [1.807, 2.05) is 0 Å². The van der Waals surface area contributed by atoms with Gasteiger partial charge in [-0.15, -0.1) is 11.6 Å². The molecule has 14 heavy (non-hydrogen) atoms. The number of aliphatic hydroxyl groups is 1. The van der Waals surface area contributed by atoms with Gasteiger partial charge in [-0.25, -0.2) is 13.8 Å². The van der Waals surface area contributed by atoms with E-state index in [9.17, 15) is 8.78 Å². The molecule has 0 aromatic carbocycles. The van der Waals surface area contributed by atoms with Crippen molar-refractivity contribution in [3.63, 3.8) is 0 Å². The molecular formula is C9H10ClF2NO. The highest BCUT2D eigenvalue weighted by Crippen LogP contribution is 2.23. The van der Waals surface area contributed by atoms with E-state index in [2.05, 4.69) is 4.98 Å². The first-order chi connectivity index (χ1) is 6.60. The molecule has 0 unspecified atom stereocenters. The smallest absolute Gasteiger partial charge is 0.280 e. The predicted octanol–water partition coefficient (Wildman–Crippen LogP) is 2.56. The molecule has 78 valence electrons. The van der Waals surface area contributed by atoms with Crippen molar-refractivity contribution in [2.45, 2.75) is 25.8 Å². The van der Waals surface area contributed by atoms with Crippen molar-refractivity contribution in [1.82, 2.24) is 4.98 Å². The quantitative estimate of drug-likeness (QED) is 0.796. The van der Waals surface area contributed by atoms with Crippen molar-refractivity contribution in [3.05, 3.63) is 28.6 Å². The van der Waals surface area contributed by atoms with Crippen molar-refractivity contribution < 1.29 is 13.9 Å². The van der Waals surface area contributed by atoms with Crippen LogP contribution < -0.4 is 0 Å².